The number of hydrogen-bond acceptors (Lipinski definition) is 5. The lowest BCUT2D eigenvalue weighted by Gasteiger charge is -2.15. The topological polar surface area (TPSA) is 81.7 Å². The van der Waals surface area contributed by atoms with E-state index in [4.69, 9.17) is 4.74 Å². The molecule has 0 fully saturated rings. The van der Waals surface area contributed by atoms with E-state index in [2.05, 4.69) is 9.50 Å². The molecule has 138 valence electrons. The molecule has 0 aliphatic carbocycles. The molecule has 1 heterocycles. The fourth-order valence-electron chi connectivity index (χ4n) is 2.67. The molecule has 0 radical (unpaired) electrons. The number of hydrogen-bond donors (Lipinski definition) is 1. The number of para-hydroxylation sites is 1. The minimum Gasteiger partial charge on any atom is -0.492 e. The molecule has 10 heteroatoms. The molecule has 0 aromatic heterocycles. The van der Waals surface area contributed by atoms with Crippen LogP contribution >= 0.6 is 0 Å². The van der Waals surface area contributed by atoms with Crippen LogP contribution in [0, 0.1) is 0 Å². The second kappa shape index (κ2) is 6.52. The third-order valence-corrected chi connectivity index (χ3v) is 4.78. The lowest BCUT2D eigenvalue weighted by Crippen LogP contribution is -2.28. The summed E-state index contributed by atoms with van der Waals surface area (Å²) in [6, 6.07) is 10.4. The lowest BCUT2D eigenvalue weighted by molar-refractivity contribution is -0.105. The Hall–Kier alpha value is -2.75. The summed E-state index contributed by atoms with van der Waals surface area (Å²) in [4.78, 5) is 10.8. The van der Waals surface area contributed by atoms with E-state index in [1.165, 1.54) is 12.1 Å². The highest BCUT2D eigenvalue weighted by molar-refractivity contribution is 7.88. The molecule has 0 saturated heterocycles. The molecule has 1 unspecified atom stereocenters. The third kappa shape index (κ3) is 3.32. The third-order valence-electron chi connectivity index (χ3n) is 3.80. The Morgan fingerprint density at radius 1 is 1.15 bits per heavy atom. The van der Waals surface area contributed by atoms with Crippen molar-refractivity contribution < 1.29 is 35.3 Å². The van der Waals surface area contributed by atoms with Crippen LogP contribution in [0.3, 0.4) is 0 Å². The van der Waals surface area contributed by atoms with E-state index in [0.717, 1.165) is 6.07 Å². The highest BCUT2D eigenvalue weighted by atomic mass is 32.2. The minimum absolute atomic E-state index is 0.183. The van der Waals surface area contributed by atoms with Crippen molar-refractivity contribution in [3.05, 3.63) is 53.6 Å². The van der Waals surface area contributed by atoms with Gasteiger partial charge >= 0.3 is 15.6 Å². The van der Waals surface area contributed by atoms with Gasteiger partial charge in [-0.25, -0.2) is 0 Å². The summed E-state index contributed by atoms with van der Waals surface area (Å²) >= 11 is 0. The molecule has 1 N–H and O–H groups in total. The number of carbonyl (C=O) groups excluding carboxylic acids is 1. The molecule has 2 aromatic rings. The molecule has 6 nitrogen and oxygen atoms in total. The Labute approximate surface area is 146 Å². The highest BCUT2D eigenvalue weighted by Crippen LogP contribution is 2.42. The molecule has 3 rings (SSSR count). The standard InChI is InChI=1S/C16H12F3NO5S/c17-16(18,19)26(22,23)25-10-5-6-15-12(7-10)13(8-24-15)11-3-1-2-4-14(11)20-9-21/h1-7,9,13H,8H2,(H,20,21). The normalized spacial score (nSPS) is 16.5. The molecule has 1 amide bonds. The number of anilines is 1. The quantitative estimate of drug-likeness (QED) is 0.485. The number of rotatable bonds is 5. The van der Waals surface area contributed by atoms with Crippen LogP contribution in [-0.4, -0.2) is 26.9 Å². The van der Waals surface area contributed by atoms with Crippen molar-refractivity contribution in [3.8, 4) is 11.5 Å². The predicted octanol–water partition coefficient (Wildman–Crippen LogP) is 3.01. The molecule has 2 aromatic carbocycles. The molecule has 1 atom stereocenters. The maximum atomic E-state index is 12.5. The summed E-state index contributed by atoms with van der Waals surface area (Å²) in [7, 11) is -5.77. The van der Waals surface area contributed by atoms with Crippen molar-refractivity contribution in [2.45, 2.75) is 11.4 Å². The van der Waals surface area contributed by atoms with E-state index in [-0.39, 0.29) is 6.61 Å². The molecular weight excluding hydrogens is 375 g/mol. The summed E-state index contributed by atoms with van der Waals surface area (Å²) in [5.74, 6) is -0.490. The van der Waals surface area contributed by atoms with Crippen LogP contribution in [0.1, 0.15) is 17.0 Å². The van der Waals surface area contributed by atoms with Gasteiger partial charge in [0.2, 0.25) is 6.41 Å². The molecule has 0 saturated carbocycles. The molecule has 0 bridgehead atoms. The molecule has 1 aliphatic heterocycles. The van der Waals surface area contributed by atoms with Crippen LogP contribution in [0.2, 0.25) is 0 Å². The van der Waals surface area contributed by atoms with Gasteiger partial charge in [-0.3, -0.25) is 4.79 Å². The van der Waals surface area contributed by atoms with E-state index in [9.17, 15) is 26.4 Å². The first-order chi connectivity index (χ1) is 12.2. The van der Waals surface area contributed by atoms with E-state index in [1.54, 1.807) is 24.3 Å². The zero-order valence-electron chi connectivity index (χ0n) is 13.0. The maximum absolute atomic E-state index is 12.5. The average Bonchev–Trinajstić information content (AvgIpc) is 2.97. The second-order valence-corrected chi connectivity index (χ2v) is 6.93. The van der Waals surface area contributed by atoms with Crippen molar-refractivity contribution in [2.24, 2.45) is 0 Å². The number of nitrogens with one attached hydrogen (secondary N) is 1. The molecule has 26 heavy (non-hydrogen) atoms. The Morgan fingerprint density at radius 3 is 2.58 bits per heavy atom. The van der Waals surface area contributed by atoms with Gasteiger partial charge in [-0.05, 0) is 29.8 Å². The Morgan fingerprint density at radius 2 is 1.88 bits per heavy atom. The average molecular weight is 387 g/mol. The number of ether oxygens (including phenoxy) is 1. The Balaban J connectivity index is 1.97. The summed E-state index contributed by atoms with van der Waals surface area (Å²) in [5, 5.41) is 2.54. The summed E-state index contributed by atoms with van der Waals surface area (Å²) < 4.78 is 69.5. The van der Waals surface area contributed by atoms with Crippen molar-refractivity contribution in [1.82, 2.24) is 0 Å². The zero-order valence-corrected chi connectivity index (χ0v) is 13.8. The fourth-order valence-corrected chi connectivity index (χ4v) is 3.12. The minimum atomic E-state index is -5.77. The van der Waals surface area contributed by atoms with Crippen LogP contribution in [-0.2, 0) is 14.9 Å². The van der Waals surface area contributed by atoms with Gasteiger partial charge in [0.25, 0.3) is 0 Å². The van der Waals surface area contributed by atoms with Crippen LogP contribution in [0.25, 0.3) is 0 Å². The summed E-state index contributed by atoms with van der Waals surface area (Å²) in [6.07, 6.45) is 0.505. The van der Waals surface area contributed by atoms with Gasteiger partial charge in [0.05, 0.1) is 6.61 Å². The van der Waals surface area contributed by atoms with Gasteiger partial charge < -0.3 is 14.2 Å². The monoisotopic (exact) mass is 387 g/mol. The zero-order chi connectivity index (χ0) is 18.9. The first-order valence-electron chi connectivity index (χ1n) is 7.29. The maximum Gasteiger partial charge on any atom is 0.534 e. The van der Waals surface area contributed by atoms with Gasteiger partial charge in [-0.1, -0.05) is 18.2 Å². The largest absolute Gasteiger partial charge is 0.534 e. The van der Waals surface area contributed by atoms with E-state index < -0.39 is 27.3 Å². The lowest BCUT2D eigenvalue weighted by atomic mass is 9.92. The summed E-state index contributed by atoms with van der Waals surface area (Å²) in [6.45, 7) is 0.183. The Bertz CT molecular complexity index is 943. The van der Waals surface area contributed by atoms with Crippen LogP contribution in [0.4, 0.5) is 18.9 Å². The number of fused-ring (bicyclic) bond motifs is 1. The Kier molecular flexibility index (Phi) is 4.53. The van der Waals surface area contributed by atoms with Gasteiger partial charge in [0.1, 0.15) is 11.5 Å². The fraction of sp³-hybridized carbons (Fsp3) is 0.188. The van der Waals surface area contributed by atoms with E-state index in [1.807, 2.05) is 0 Å². The molecule has 0 spiro atoms. The van der Waals surface area contributed by atoms with Crippen molar-refractivity contribution in [3.63, 3.8) is 0 Å². The van der Waals surface area contributed by atoms with Crippen molar-refractivity contribution in [2.75, 3.05) is 11.9 Å². The second-order valence-electron chi connectivity index (χ2n) is 5.40. The smallest absolute Gasteiger partial charge is 0.492 e. The van der Waals surface area contributed by atoms with Crippen LogP contribution < -0.4 is 14.2 Å². The highest BCUT2D eigenvalue weighted by Gasteiger charge is 2.48. The first kappa shape index (κ1) is 18.1. The molecule has 1 aliphatic rings. The SMILES string of the molecule is O=CNc1ccccc1C1COc2ccc(OS(=O)(=O)C(F)(F)F)cc21. The molecular formula is C16H12F3NO5S. The number of benzene rings is 2. The summed E-state index contributed by atoms with van der Waals surface area (Å²) in [5.41, 5.74) is -3.88. The van der Waals surface area contributed by atoms with Gasteiger partial charge in [0, 0.05) is 17.2 Å². The van der Waals surface area contributed by atoms with Crippen LogP contribution in [0.5, 0.6) is 11.5 Å². The number of alkyl halides is 3. The first-order valence-corrected chi connectivity index (χ1v) is 8.70. The van der Waals surface area contributed by atoms with Crippen molar-refractivity contribution >= 4 is 22.2 Å². The van der Waals surface area contributed by atoms with Gasteiger partial charge in [-0.15, -0.1) is 0 Å². The van der Waals surface area contributed by atoms with Gasteiger partial charge in [-0.2, -0.15) is 21.6 Å². The number of amides is 1. The predicted molar refractivity (Wildman–Crippen MR) is 85.5 cm³/mol. The van der Waals surface area contributed by atoms with Crippen LogP contribution in [0.15, 0.2) is 42.5 Å². The number of carbonyl (C=O) groups is 1. The van der Waals surface area contributed by atoms with E-state index in [0.29, 0.717) is 29.0 Å². The van der Waals surface area contributed by atoms with E-state index >= 15 is 0 Å². The van der Waals surface area contributed by atoms with Crippen molar-refractivity contribution in [1.29, 1.82) is 0 Å². The number of halogens is 3. The van der Waals surface area contributed by atoms with Gasteiger partial charge in [0.15, 0.2) is 0 Å².